The molecule has 1 aromatic heterocycles. The number of nitrogens with one attached hydrogen (secondary N) is 1. The Balaban J connectivity index is 2.60. The predicted molar refractivity (Wildman–Crippen MR) is 68.9 cm³/mol. The molecule has 0 spiro atoms. The molecule has 1 aromatic rings. The van der Waals surface area contributed by atoms with E-state index in [9.17, 15) is 4.79 Å². The number of carbonyl (C=O) groups excluding carboxylic acids is 1. The topological polar surface area (TPSA) is 56.1 Å². The molecule has 1 heterocycles. The van der Waals surface area contributed by atoms with Crippen LogP contribution in [0, 0.1) is 11.8 Å². The van der Waals surface area contributed by atoms with Crippen LogP contribution in [0.2, 0.25) is 0 Å². The van der Waals surface area contributed by atoms with E-state index in [2.05, 4.69) is 22.3 Å². The Morgan fingerprint density at radius 3 is 3.06 bits per heavy atom. The molecule has 0 radical (unpaired) electrons. The third-order valence-electron chi connectivity index (χ3n) is 2.45. The summed E-state index contributed by atoms with van der Waals surface area (Å²) < 4.78 is 6.67. The molecule has 5 nitrogen and oxygen atoms in total. The van der Waals surface area contributed by atoms with Gasteiger partial charge in [0, 0.05) is 26.6 Å². The maximum Gasteiger partial charge on any atom is 0.341 e. The molecule has 98 valence electrons. The van der Waals surface area contributed by atoms with Gasteiger partial charge in [-0.25, -0.2) is 4.79 Å². The van der Waals surface area contributed by atoms with Gasteiger partial charge in [-0.1, -0.05) is 0 Å². The molecule has 0 aliphatic heterocycles. The monoisotopic (exact) mass is 249 g/mol. The Morgan fingerprint density at radius 1 is 1.61 bits per heavy atom. The summed E-state index contributed by atoms with van der Waals surface area (Å²) in [6.45, 7) is 5.34. The van der Waals surface area contributed by atoms with Crippen LogP contribution in [0.5, 0.6) is 0 Å². The molecule has 1 N–H and O–H groups in total. The van der Waals surface area contributed by atoms with Gasteiger partial charge in [0.25, 0.3) is 0 Å². The van der Waals surface area contributed by atoms with Gasteiger partial charge in [0.05, 0.1) is 18.5 Å². The summed E-state index contributed by atoms with van der Waals surface area (Å²) in [7, 11) is 1.81. The summed E-state index contributed by atoms with van der Waals surface area (Å²) >= 11 is 0. The van der Waals surface area contributed by atoms with E-state index < -0.39 is 0 Å². The van der Waals surface area contributed by atoms with E-state index in [0.29, 0.717) is 18.7 Å². The zero-order valence-corrected chi connectivity index (χ0v) is 11.1. The first-order valence-electron chi connectivity index (χ1n) is 5.99. The standard InChI is InChI=1S/C13H19N3O2/c1-4-6-7-8-14-10-12-11(9-15-16(12)3)13(17)18-5-2/h9,14H,5,7-8,10H2,1-3H3. The van der Waals surface area contributed by atoms with E-state index >= 15 is 0 Å². The highest BCUT2D eigenvalue weighted by Crippen LogP contribution is 2.09. The average molecular weight is 249 g/mol. The van der Waals surface area contributed by atoms with E-state index in [1.54, 1.807) is 17.8 Å². The van der Waals surface area contributed by atoms with Crippen LogP contribution in [0.3, 0.4) is 0 Å². The molecular weight excluding hydrogens is 230 g/mol. The van der Waals surface area contributed by atoms with Crippen LogP contribution >= 0.6 is 0 Å². The molecule has 0 aromatic carbocycles. The fourth-order valence-corrected chi connectivity index (χ4v) is 1.53. The number of ether oxygens (including phenoxy) is 1. The molecule has 5 heteroatoms. The molecule has 18 heavy (non-hydrogen) atoms. The van der Waals surface area contributed by atoms with Gasteiger partial charge >= 0.3 is 5.97 Å². The van der Waals surface area contributed by atoms with Gasteiger partial charge in [0.2, 0.25) is 0 Å². The fourth-order valence-electron chi connectivity index (χ4n) is 1.53. The predicted octanol–water partition coefficient (Wildman–Crippen LogP) is 1.10. The average Bonchev–Trinajstić information content (AvgIpc) is 2.71. The van der Waals surface area contributed by atoms with Crippen LogP contribution in [0.4, 0.5) is 0 Å². The first-order chi connectivity index (χ1) is 8.70. The van der Waals surface area contributed by atoms with Crippen LogP contribution in [-0.2, 0) is 18.3 Å². The molecule has 0 saturated heterocycles. The van der Waals surface area contributed by atoms with Crippen LogP contribution in [0.25, 0.3) is 0 Å². The minimum atomic E-state index is -0.323. The first kappa shape index (κ1) is 14.3. The fraction of sp³-hybridized carbons (Fsp3) is 0.538. The van der Waals surface area contributed by atoms with Crippen molar-refractivity contribution in [3.8, 4) is 11.8 Å². The van der Waals surface area contributed by atoms with Crippen molar-refractivity contribution in [3.05, 3.63) is 17.5 Å². The second-order valence-corrected chi connectivity index (χ2v) is 3.70. The number of rotatable bonds is 6. The summed E-state index contributed by atoms with van der Waals surface area (Å²) in [4.78, 5) is 11.7. The highest BCUT2D eigenvalue weighted by molar-refractivity contribution is 5.90. The highest BCUT2D eigenvalue weighted by atomic mass is 16.5. The van der Waals surface area contributed by atoms with Crippen molar-refractivity contribution in [1.82, 2.24) is 15.1 Å². The maximum atomic E-state index is 11.7. The molecule has 0 unspecified atom stereocenters. The quantitative estimate of drug-likeness (QED) is 0.466. The Bertz CT molecular complexity index is 455. The Kier molecular flexibility index (Phi) is 5.95. The molecule has 0 amide bonds. The molecular formula is C13H19N3O2. The summed E-state index contributed by atoms with van der Waals surface area (Å²) in [6, 6.07) is 0. The molecule has 0 aliphatic rings. The van der Waals surface area contributed by atoms with Crippen molar-refractivity contribution in [2.24, 2.45) is 7.05 Å². The smallest absolute Gasteiger partial charge is 0.341 e. The molecule has 0 aliphatic carbocycles. The number of aryl methyl sites for hydroxylation is 1. The van der Waals surface area contributed by atoms with Gasteiger partial charge in [-0.3, -0.25) is 4.68 Å². The number of esters is 1. The van der Waals surface area contributed by atoms with E-state index in [-0.39, 0.29) is 5.97 Å². The third-order valence-corrected chi connectivity index (χ3v) is 2.45. The number of hydrogen-bond donors (Lipinski definition) is 1. The largest absolute Gasteiger partial charge is 0.462 e. The third kappa shape index (κ3) is 3.90. The minimum Gasteiger partial charge on any atom is -0.462 e. The van der Waals surface area contributed by atoms with E-state index in [1.165, 1.54) is 0 Å². The maximum absolute atomic E-state index is 11.7. The van der Waals surface area contributed by atoms with Gasteiger partial charge in [-0.05, 0) is 13.8 Å². The number of hydrogen-bond acceptors (Lipinski definition) is 4. The summed E-state index contributed by atoms with van der Waals surface area (Å²) in [5.74, 6) is 5.49. The molecule has 1 rings (SSSR count). The SMILES string of the molecule is CC#CCCNCc1c(C(=O)OCC)cnn1C. The van der Waals surface area contributed by atoms with Crippen molar-refractivity contribution >= 4 is 5.97 Å². The zero-order valence-electron chi connectivity index (χ0n) is 11.1. The van der Waals surface area contributed by atoms with Gasteiger partial charge < -0.3 is 10.1 Å². The Labute approximate surface area is 108 Å². The zero-order chi connectivity index (χ0) is 13.4. The van der Waals surface area contributed by atoms with Crippen molar-refractivity contribution in [2.45, 2.75) is 26.8 Å². The van der Waals surface area contributed by atoms with E-state index in [4.69, 9.17) is 4.74 Å². The van der Waals surface area contributed by atoms with Crippen molar-refractivity contribution in [1.29, 1.82) is 0 Å². The van der Waals surface area contributed by atoms with Gasteiger partial charge in [-0.2, -0.15) is 5.10 Å². The summed E-state index contributed by atoms with van der Waals surface area (Å²) in [5, 5.41) is 7.31. The summed E-state index contributed by atoms with van der Waals surface area (Å²) in [6.07, 6.45) is 2.34. The van der Waals surface area contributed by atoms with E-state index in [0.717, 1.165) is 18.7 Å². The molecule has 0 bridgehead atoms. The van der Waals surface area contributed by atoms with Crippen LogP contribution in [0.15, 0.2) is 6.20 Å². The number of aromatic nitrogens is 2. The van der Waals surface area contributed by atoms with Gasteiger partial charge in [0.15, 0.2) is 0 Å². The number of nitrogens with zero attached hydrogens (tertiary/aromatic N) is 2. The second kappa shape index (κ2) is 7.51. The summed E-state index contributed by atoms with van der Waals surface area (Å²) in [5.41, 5.74) is 1.35. The lowest BCUT2D eigenvalue weighted by Crippen LogP contribution is -2.19. The van der Waals surface area contributed by atoms with Crippen LogP contribution < -0.4 is 5.32 Å². The molecule has 0 saturated carbocycles. The lowest BCUT2D eigenvalue weighted by Gasteiger charge is -2.06. The number of carbonyl (C=O) groups is 1. The van der Waals surface area contributed by atoms with Gasteiger partial charge in [-0.15, -0.1) is 11.8 Å². The van der Waals surface area contributed by atoms with Crippen LogP contribution in [-0.4, -0.2) is 28.9 Å². The highest BCUT2D eigenvalue weighted by Gasteiger charge is 2.16. The van der Waals surface area contributed by atoms with E-state index in [1.807, 2.05) is 14.0 Å². The van der Waals surface area contributed by atoms with Crippen molar-refractivity contribution in [2.75, 3.05) is 13.2 Å². The van der Waals surface area contributed by atoms with Crippen molar-refractivity contribution in [3.63, 3.8) is 0 Å². The molecule has 0 fully saturated rings. The Morgan fingerprint density at radius 2 is 2.39 bits per heavy atom. The first-order valence-corrected chi connectivity index (χ1v) is 5.99. The van der Waals surface area contributed by atoms with Crippen LogP contribution in [0.1, 0.15) is 36.3 Å². The lowest BCUT2D eigenvalue weighted by molar-refractivity contribution is 0.0524. The lowest BCUT2D eigenvalue weighted by atomic mass is 10.2. The normalized spacial score (nSPS) is 9.72. The van der Waals surface area contributed by atoms with Gasteiger partial charge in [0.1, 0.15) is 5.56 Å². The molecule has 0 atom stereocenters. The second-order valence-electron chi connectivity index (χ2n) is 3.70. The Hall–Kier alpha value is -1.80. The minimum absolute atomic E-state index is 0.323. The van der Waals surface area contributed by atoms with Crippen molar-refractivity contribution < 1.29 is 9.53 Å².